The number of benzene rings is 10. The third kappa shape index (κ3) is 4.85. The van der Waals surface area contributed by atoms with Crippen LogP contribution in [0.5, 0.6) is 0 Å². The van der Waals surface area contributed by atoms with Gasteiger partial charge in [0.25, 0.3) is 0 Å². The molecule has 12 rings (SSSR count). The Hall–Kier alpha value is -7.16. The summed E-state index contributed by atoms with van der Waals surface area (Å²) in [6.45, 7) is 6.85. The van der Waals surface area contributed by atoms with E-state index in [9.17, 15) is 0 Å². The first-order chi connectivity index (χ1) is 28.4. The van der Waals surface area contributed by atoms with Gasteiger partial charge in [-0.15, -0.1) is 0 Å². The highest BCUT2D eigenvalue weighted by Gasteiger charge is 2.22. The quantitative estimate of drug-likeness (QED) is 0.168. The van der Waals surface area contributed by atoms with Crippen LogP contribution in [0.4, 0.5) is 0 Å². The van der Waals surface area contributed by atoms with Gasteiger partial charge in [-0.05, 0) is 94.9 Å². The summed E-state index contributed by atoms with van der Waals surface area (Å²) in [4.78, 5) is 0. The fourth-order valence-electron chi connectivity index (χ4n) is 9.54. The van der Waals surface area contributed by atoms with Gasteiger partial charge in [-0.2, -0.15) is 0 Å². The molecule has 0 aliphatic heterocycles. The van der Waals surface area contributed by atoms with Crippen LogP contribution in [0.15, 0.2) is 185 Å². The standard InChI is InChI=1S/C56H38O2/c1-56(2,3)37-12-8-11-35(31-37)38-26-21-33-24-30-45-40(27-22-34-23-29-44(38)52(33)53(34)45)49-32-36(39-15-9-17-47-42-13-4-6-19-50(42)57-54(39)47)25-28-41(49)46-16-10-18-48-43-14-5-7-20-51(43)58-55(46)48/h4-32H,1-3H3. The van der Waals surface area contributed by atoms with Crippen LogP contribution in [-0.2, 0) is 5.41 Å². The molecule has 0 saturated carbocycles. The number of hydrogen-bond acceptors (Lipinski definition) is 2. The fourth-order valence-corrected chi connectivity index (χ4v) is 9.54. The average Bonchev–Trinajstić information content (AvgIpc) is 3.84. The highest BCUT2D eigenvalue weighted by Crippen LogP contribution is 2.47. The Morgan fingerprint density at radius 2 is 0.845 bits per heavy atom. The van der Waals surface area contributed by atoms with Gasteiger partial charge < -0.3 is 8.83 Å². The highest BCUT2D eigenvalue weighted by molar-refractivity contribution is 6.28. The molecule has 0 saturated heterocycles. The van der Waals surface area contributed by atoms with Crippen molar-refractivity contribution in [2.75, 3.05) is 0 Å². The number of para-hydroxylation sites is 4. The van der Waals surface area contributed by atoms with Crippen molar-refractivity contribution in [3.63, 3.8) is 0 Å². The van der Waals surface area contributed by atoms with Crippen LogP contribution in [0, 0.1) is 0 Å². The van der Waals surface area contributed by atoms with Crippen molar-refractivity contribution in [1.29, 1.82) is 0 Å². The van der Waals surface area contributed by atoms with Gasteiger partial charge in [0, 0.05) is 32.7 Å². The SMILES string of the molecule is CC(C)(C)c1cccc(-c2ccc3ccc4c(-c5cc(-c6cccc7c6oc6ccccc67)ccc5-c5cccc6c5oc5ccccc56)ccc5ccc2c3c54)c1. The van der Waals surface area contributed by atoms with E-state index in [-0.39, 0.29) is 5.41 Å². The van der Waals surface area contributed by atoms with Gasteiger partial charge in [0.2, 0.25) is 0 Å². The molecule has 0 N–H and O–H groups in total. The molecule has 274 valence electrons. The molecular weight excluding hydrogens is 705 g/mol. The third-order valence-electron chi connectivity index (χ3n) is 12.4. The molecule has 58 heavy (non-hydrogen) atoms. The van der Waals surface area contributed by atoms with Crippen LogP contribution >= 0.6 is 0 Å². The van der Waals surface area contributed by atoms with Crippen molar-refractivity contribution in [3.05, 3.63) is 181 Å². The van der Waals surface area contributed by atoms with Gasteiger partial charge in [0.1, 0.15) is 22.3 Å². The van der Waals surface area contributed by atoms with E-state index in [0.717, 1.165) is 71.7 Å². The van der Waals surface area contributed by atoms with Crippen molar-refractivity contribution in [1.82, 2.24) is 0 Å². The minimum atomic E-state index is 0.0591. The molecule has 10 aromatic carbocycles. The van der Waals surface area contributed by atoms with Crippen molar-refractivity contribution >= 4 is 76.2 Å². The molecule has 2 aromatic heterocycles. The fraction of sp³-hybridized carbons (Fsp3) is 0.0714. The van der Waals surface area contributed by atoms with E-state index in [1.54, 1.807) is 0 Å². The second-order valence-electron chi connectivity index (χ2n) is 16.8. The molecule has 0 amide bonds. The summed E-state index contributed by atoms with van der Waals surface area (Å²) in [5.74, 6) is 0. The predicted molar refractivity (Wildman–Crippen MR) is 245 cm³/mol. The zero-order valence-electron chi connectivity index (χ0n) is 32.6. The zero-order chi connectivity index (χ0) is 38.7. The molecular formula is C56H38O2. The average molecular weight is 743 g/mol. The lowest BCUT2D eigenvalue weighted by Crippen LogP contribution is -2.10. The maximum Gasteiger partial charge on any atom is 0.143 e. The maximum absolute atomic E-state index is 6.68. The molecule has 0 bridgehead atoms. The largest absolute Gasteiger partial charge is 0.455 e. The van der Waals surface area contributed by atoms with E-state index in [1.165, 1.54) is 54.6 Å². The van der Waals surface area contributed by atoms with Crippen LogP contribution in [0.25, 0.3) is 121 Å². The maximum atomic E-state index is 6.68. The summed E-state index contributed by atoms with van der Waals surface area (Å²) in [7, 11) is 0. The van der Waals surface area contributed by atoms with Crippen LogP contribution < -0.4 is 0 Å². The van der Waals surface area contributed by atoms with Gasteiger partial charge in [-0.1, -0.05) is 178 Å². The van der Waals surface area contributed by atoms with E-state index in [2.05, 4.69) is 185 Å². The molecule has 0 unspecified atom stereocenters. The molecule has 0 aliphatic carbocycles. The predicted octanol–water partition coefficient (Wildman–Crippen LogP) is 16.3. The lowest BCUT2D eigenvalue weighted by Gasteiger charge is -2.21. The third-order valence-corrected chi connectivity index (χ3v) is 12.4. The normalized spacial score (nSPS) is 12.4. The topological polar surface area (TPSA) is 26.3 Å². The van der Waals surface area contributed by atoms with E-state index < -0.39 is 0 Å². The summed E-state index contributed by atoms with van der Waals surface area (Å²) in [5, 5.41) is 12.1. The second kappa shape index (κ2) is 12.2. The zero-order valence-corrected chi connectivity index (χ0v) is 32.6. The Morgan fingerprint density at radius 3 is 1.52 bits per heavy atom. The van der Waals surface area contributed by atoms with Gasteiger partial charge in [0.05, 0.1) is 0 Å². The molecule has 12 aromatic rings. The lowest BCUT2D eigenvalue weighted by molar-refractivity contribution is 0.590. The highest BCUT2D eigenvalue weighted by atomic mass is 16.3. The minimum Gasteiger partial charge on any atom is -0.455 e. The number of fused-ring (bicyclic) bond motifs is 6. The number of hydrogen-bond donors (Lipinski definition) is 0. The molecule has 2 heteroatoms. The van der Waals surface area contributed by atoms with Crippen LogP contribution in [0.2, 0.25) is 0 Å². The molecule has 0 atom stereocenters. The van der Waals surface area contributed by atoms with Crippen LogP contribution in [0.1, 0.15) is 26.3 Å². The molecule has 2 nitrogen and oxygen atoms in total. The number of rotatable bonds is 4. The summed E-state index contributed by atoms with van der Waals surface area (Å²) in [5.41, 5.74) is 14.2. The van der Waals surface area contributed by atoms with Crippen molar-refractivity contribution in [3.8, 4) is 44.5 Å². The van der Waals surface area contributed by atoms with Gasteiger partial charge >= 0.3 is 0 Å². The van der Waals surface area contributed by atoms with Crippen LogP contribution in [-0.4, -0.2) is 0 Å². The first kappa shape index (κ1) is 33.0. The van der Waals surface area contributed by atoms with Crippen molar-refractivity contribution in [2.45, 2.75) is 26.2 Å². The first-order valence-electron chi connectivity index (χ1n) is 20.2. The first-order valence-corrected chi connectivity index (χ1v) is 20.2. The van der Waals surface area contributed by atoms with Gasteiger partial charge in [-0.25, -0.2) is 0 Å². The Kier molecular flexibility index (Phi) is 6.93. The Morgan fingerprint density at radius 1 is 0.328 bits per heavy atom. The summed E-state index contributed by atoms with van der Waals surface area (Å²) < 4.78 is 13.3. The van der Waals surface area contributed by atoms with Crippen molar-refractivity contribution < 1.29 is 8.83 Å². The van der Waals surface area contributed by atoms with E-state index >= 15 is 0 Å². The molecule has 0 fully saturated rings. The van der Waals surface area contributed by atoms with Crippen molar-refractivity contribution in [2.24, 2.45) is 0 Å². The molecule has 2 heterocycles. The smallest absolute Gasteiger partial charge is 0.143 e. The summed E-state index contributed by atoms with van der Waals surface area (Å²) in [6, 6.07) is 64.2. The number of furan rings is 2. The summed E-state index contributed by atoms with van der Waals surface area (Å²) >= 11 is 0. The second-order valence-corrected chi connectivity index (χ2v) is 16.8. The Balaban J connectivity index is 1.14. The Labute approximate surface area is 335 Å². The van der Waals surface area contributed by atoms with Gasteiger partial charge in [-0.3, -0.25) is 0 Å². The van der Waals surface area contributed by atoms with E-state index in [1.807, 2.05) is 12.1 Å². The lowest BCUT2D eigenvalue weighted by atomic mass is 9.83. The van der Waals surface area contributed by atoms with E-state index in [4.69, 9.17) is 8.83 Å². The minimum absolute atomic E-state index is 0.0591. The summed E-state index contributed by atoms with van der Waals surface area (Å²) in [6.07, 6.45) is 0. The monoisotopic (exact) mass is 742 g/mol. The Bertz CT molecular complexity index is 3610. The van der Waals surface area contributed by atoms with E-state index in [0.29, 0.717) is 0 Å². The molecule has 0 radical (unpaired) electrons. The molecule has 0 spiro atoms. The van der Waals surface area contributed by atoms with Crippen LogP contribution in [0.3, 0.4) is 0 Å². The van der Waals surface area contributed by atoms with Gasteiger partial charge in [0.15, 0.2) is 0 Å². The molecule has 0 aliphatic rings.